The molecule has 2 aromatic carbocycles. The smallest absolute Gasteiger partial charge is 0.267 e. The Labute approximate surface area is 203 Å². The number of carbonyl (C=O) groups excluding carboxylic acids is 3. The molecule has 2 heterocycles. The van der Waals surface area contributed by atoms with Gasteiger partial charge in [0.25, 0.3) is 11.8 Å². The molecule has 0 saturated carbocycles. The Morgan fingerprint density at radius 2 is 1.76 bits per heavy atom. The number of hydrogen-bond donors (Lipinski definition) is 1. The molecule has 0 bridgehead atoms. The maximum absolute atomic E-state index is 13.4. The van der Waals surface area contributed by atoms with Gasteiger partial charge in [0, 0.05) is 18.2 Å². The molecule has 8 heteroatoms. The molecule has 6 nitrogen and oxygen atoms in total. The Hall–Kier alpha value is -2.97. The summed E-state index contributed by atoms with van der Waals surface area (Å²) in [7, 11) is 0. The van der Waals surface area contributed by atoms with Gasteiger partial charge in [-0.1, -0.05) is 79.4 Å². The maximum atomic E-state index is 13.4. The van der Waals surface area contributed by atoms with Crippen molar-refractivity contribution in [3.8, 4) is 0 Å². The Kier molecular flexibility index (Phi) is 6.95. The van der Waals surface area contributed by atoms with E-state index in [2.05, 4.69) is 5.32 Å². The highest BCUT2D eigenvalue weighted by atomic mass is 32.2. The molecular weight excluding hydrogens is 454 g/mol. The third-order valence-electron chi connectivity index (χ3n) is 5.86. The molecule has 3 amide bonds. The third-order valence-corrected chi connectivity index (χ3v) is 7.26. The predicted molar refractivity (Wildman–Crippen MR) is 136 cm³/mol. The monoisotopic (exact) mass is 479 g/mol. The molecule has 1 N–H and O–H groups in total. The van der Waals surface area contributed by atoms with Crippen molar-refractivity contribution in [1.29, 1.82) is 0 Å². The SMILES string of the molecule is CCC(C)N1C(=O)C(=C2C(=O)N(CC(=O)NCCc3ccccc3)c3ccccc32)SC1=S. The number of benzene rings is 2. The van der Waals surface area contributed by atoms with Gasteiger partial charge in [0.2, 0.25) is 5.91 Å². The van der Waals surface area contributed by atoms with Crippen molar-refractivity contribution in [2.24, 2.45) is 0 Å². The summed E-state index contributed by atoms with van der Waals surface area (Å²) in [5.74, 6) is -0.840. The molecule has 1 fully saturated rings. The average molecular weight is 480 g/mol. The second-order valence-electron chi connectivity index (χ2n) is 8.00. The first kappa shape index (κ1) is 23.2. The van der Waals surface area contributed by atoms with Crippen LogP contribution < -0.4 is 10.2 Å². The Morgan fingerprint density at radius 1 is 1.06 bits per heavy atom. The van der Waals surface area contributed by atoms with E-state index in [4.69, 9.17) is 12.2 Å². The molecule has 0 aromatic heterocycles. The van der Waals surface area contributed by atoms with Crippen LogP contribution >= 0.6 is 24.0 Å². The summed E-state index contributed by atoms with van der Waals surface area (Å²) >= 11 is 6.60. The van der Waals surface area contributed by atoms with Crippen LogP contribution in [0.15, 0.2) is 59.5 Å². The summed E-state index contributed by atoms with van der Waals surface area (Å²) < 4.78 is 0.458. The van der Waals surface area contributed by atoms with E-state index < -0.39 is 0 Å². The second-order valence-corrected chi connectivity index (χ2v) is 9.64. The number of nitrogens with zero attached hydrogens (tertiary/aromatic N) is 2. The summed E-state index contributed by atoms with van der Waals surface area (Å²) in [4.78, 5) is 42.6. The lowest BCUT2D eigenvalue weighted by molar-refractivity contribution is -0.123. The molecule has 2 aliphatic heterocycles. The number of para-hydroxylation sites is 1. The first-order chi connectivity index (χ1) is 15.9. The number of carbonyl (C=O) groups is 3. The number of anilines is 1. The van der Waals surface area contributed by atoms with E-state index in [0.29, 0.717) is 39.0 Å². The number of nitrogens with one attached hydrogen (secondary N) is 1. The van der Waals surface area contributed by atoms with Crippen molar-refractivity contribution >= 4 is 57.3 Å². The van der Waals surface area contributed by atoms with E-state index in [1.807, 2.05) is 62.4 Å². The van der Waals surface area contributed by atoms with Gasteiger partial charge >= 0.3 is 0 Å². The normalized spacial score (nSPS) is 18.7. The molecule has 4 rings (SSSR count). The molecule has 1 atom stereocenters. The molecule has 1 saturated heterocycles. The lowest BCUT2D eigenvalue weighted by Crippen LogP contribution is -2.39. The van der Waals surface area contributed by atoms with Gasteiger partial charge in [0.1, 0.15) is 10.9 Å². The fourth-order valence-corrected chi connectivity index (χ4v) is 5.47. The van der Waals surface area contributed by atoms with Crippen molar-refractivity contribution < 1.29 is 14.4 Å². The lowest BCUT2D eigenvalue weighted by Gasteiger charge is -2.21. The fraction of sp³-hybridized carbons (Fsp3) is 0.280. The first-order valence-electron chi connectivity index (χ1n) is 10.9. The zero-order chi connectivity index (χ0) is 23.5. The standard InChI is InChI=1S/C25H25N3O3S2/c1-3-16(2)28-24(31)22(33-25(28)32)21-18-11-7-8-12-19(18)27(23(21)30)15-20(29)26-14-13-17-9-5-4-6-10-17/h4-12,16H,3,13-15H2,1-2H3,(H,26,29). The third kappa shape index (κ3) is 4.58. The first-order valence-corrected chi connectivity index (χ1v) is 12.2. The lowest BCUT2D eigenvalue weighted by atomic mass is 10.1. The summed E-state index contributed by atoms with van der Waals surface area (Å²) in [6.07, 6.45) is 1.47. The van der Waals surface area contributed by atoms with Crippen LogP contribution in [-0.2, 0) is 20.8 Å². The second kappa shape index (κ2) is 9.89. The van der Waals surface area contributed by atoms with E-state index in [1.54, 1.807) is 11.0 Å². The number of hydrogen-bond acceptors (Lipinski definition) is 5. The highest BCUT2D eigenvalue weighted by Gasteiger charge is 2.43. The van der Waals surface area contributed by atoms with Crippen LogP contribution in [0.3, 0.4) is 0 Å². The zero-order valence-corrected chi connectivity index (χ0v) is 20.2. The summed E-state index contributed by atoms with van der Waals surface area (Å²) in [6.45, 7) is 4.30. The quantitative estimate of drug-likeness (QED) is 0.484. The van der Waals surface area contributed by atoms with Gasteiger partial charge in [-0.05, 0) is 31.4 Å². The zero-order valence-electron chi connectivity index (χ0n) is 18.5. The number of fused-ring (bicyclic) bond motifs is 1. The van der Waals surface area contributed by atoms with E-state index in [0.717, 1.165) is 23.7 Å². The van der Waals surface area contributed by atoms with Crippen LogP contribution in [0, 0.1) is 0 Å². The van der Waals surface area contributed by atoms with E-state index in [9.17, 15) is 14.4 Å². The Morgan fingerprint density at radius 3 is 2.48 bits per heavy atom. The van der Waals surface area contributed by atoms with Crippen LogP contribution in [0.2, 0.25) is 0 Å². The van der Waals surface area contributed by atoms with Crippen LogP contribution in [0.4, 0.5) is 5.69 Å². The van der Waals surface area contributed by atoms with Crippen LogP contribution in [0.25, 0.3) is 5.57 Å². The van der Waals surface area contributed by atoms with E-state index >= 15 is 0 Å². The van der Waals surface area contributed by atoms with Gasteiger partial charge in [0.05, 0.1) is 16.2 Å². The van der Waals surface area contributed by atoms with Crippen molar-refractivity contribution in [3.05, 3.63) is 70.6 Å². The fourth-order valence-electron chi connectivity index (χ4n) is 3.94. The van der Waals surface area contributed by atoms with E-state index in [1.165, 1.54) is 4.90 Å². The molecule has 0 aliphatic carbocycles. The number of thiocarbonyl (C=S) groups is 1. The number of rotatable bonds is 7. The minimum Gasteiger partial charge on any atom is -0.354 e. The predicted octanol–water partition coefficient (Wildman–Crippen LogP) is 3.76. The highest BCUT2D eigenvalue weighted by Crippen LogP contribution is 2.44. The van der Waals surface area contributed by atoms with E-state index in [-0.39, 0.29) is 30.3 Å². The molecule has 0 radical (unpaired) electrons. The van der Waals surface area contributed by atoms with Crippen LogP contribution in [-0.4, -0.2) is 46.1 Å². The topological polar surface area (TPSA) is 69.7 Å². The molecule has 2 aromatic rings. The Bertz CT molecular complexity index is 1150. The highest BCUT2D eigenvalue weighted by molar-refractivity contribution is 8.26. The number of amides is 3. The molecular formula is C25H25N3O3S2. The summed E-state index contributed by atoms with van der Waals surface area (Å²) in [5, 5.41) is 2.89. The van der Waals surface area contributed by atoms with Crippen LogP contribution in [0.1, 0.15) is 31.4 Å². The summed E-state index contributed by atoms with van der Waals surface area (Å²) in [5.41, 5.74) is 2.74. The minimum absolute atomic E-state index is 0.0474. The minimum atomic E-state index is -0.348. The average Bonchev–Trinajstić information content (AvgIpc) is 3.26. The van der Waals surface area contributed by atoms with Gasteiger partial charge in [-0.2, -0.15) is 0 Å². The van der Waals surface area contributed by atoms with Gasteiger partial charge in [0.15, 0.2) is 0 Å². The van der Waals surface area contributed by atoms with Crippen LogP contribution in [0.5, 0.6) is 0 Å². The van der Waals surface area contributed by atoms with Gasteiger partial charge in [-0.25, -0.2) is 0 Å². The molecule has 2 aliphatic rings. The van der Waals surface area contributed by atoms with Crippen molar-refractivity contribution in [3.63, 3.8) is 0 Å². The summed E-state index contributed by atoms with van der Waals surface area (Å²) in [6, 6.07) is 17.1. The molecule has 170 valence electrons. The molecule has 33 heavy (non-hydrogen) atoms. The van der Waals surface area contributed by atoms with Crippen molar-refractivity contribution in [2.45, 2.75) is 32.7 Å². The molecule has 0 spiro atoms. The van der Waals surface area contributed by atoms with Crippen molar-refractivity contribution in [1.82, 2.24) is 10.2 Å². The van der Waals surface area contributed by atoms with Gasteiger partial charge in [-0.15, -0.1) is 0 Å². The largest absolute Gasteiger partial charge is 0.354 e. The van der Waals surface area contributed by atoms with Crippen molar-refractivity contribution in [2.75, 3.05) is 18.0 Å². The number of thioether (sulfide) groups is 1. The van der Waals surface area contributed by atoms with Gasteiger partial charge in [-0.3, -0.25) is 24.2 Å². The maximum Gasteiger partial charge on any atom is 0.267 e. The Balaban J connectivity index is 1.54. The van der Waals surface area contributed by atoms with Gasteiger partial charge < -0.3 is 5.32 Å². The molecule has 1 unspecified atom stereocenters.